The first-order valence-corrected chi connectivity index (χ1v) is 14.4. The van der Waals surface area contributed by atoms with Crippen molar-refractivity contribution in [3.63, 3.8) is 0 Å². The molecule has 2 aliphatic rings. The van der Waals surface area contributed by atoms with Gasteiger partial charge < -0.3 is 9.47 Å². The van der Waals surface area contributed by atoms with E-state index in [4.69, 9.17) is 21.7 Å². The molecular formula is C28H26N2O7S3. The molecule has 2 heterocycles. The first-order chi connectivity index (χ1) is 18.9. The van der Waals surface area contributed by atoms with Crippen LogP contribution in [0.5, 0.6) is 0 Å². The van der Waals surface area contributed by atoms with E-state index in [-0.39, 0.29) is 40.2 Å². The number of aryl methyl sites for hydroxylation is 1. The predicted molar refractivity (Wildman–Crippen MR) is 160 cm³/mol. The van der Waals surface area contributed by atoms with E-state index in [9.17, 15) is 24.5 Å². The maximum absolute atomic E-state index is 13.9. The molecule has 0 spiro atoms. The molecule has 208 valence electrons. The molecule has 0 N–H and O–H groups in total. The minimum Gasteiger partial charge on any atom is -0.462 e. The Balaban J connectivity index is 1.86. The molecule has 12 heteroatoms. The number of carbonyl (C=O) groups is 3. The highest BCUT2D eigenvalue weighted by Gasteiger charge is 2.46. The van der Waals surface area contributed by atoms with Gasteiger partial charge in [0.1, 0.15) is 9.81 Å². The summed E-state index contributed by atoms with van der Waals surface area (Å²) in [4.78, 5) is 52.3. The van der Waals surface area contributed by atoms with Gasteiger partial charge >= 0.3 is 11.9 Å². The van der Waals surface area contributed by atoms with Crippen molar-refractivity contribution in [2.24, 2.45) is 0 Å². The van der Waals surface area contributed by atoms with E-state index in [1.165, 1.54) is 24.3 Å². The first-order valence-electron chi connectivity index (χ1n) is 12.4. The molecule has 0 unspecified atom stereocenters. The Hall–Kier alpha value is -3.48. The van der Waals surface area contributed by atoms with Gasteiger partial charge in [-0.25, -0.2) is 9.59 Å². The van der Waals surface area contributed by atoms with Crippen LogP contribution < -0.4 is 4.90 Å². The van der Waals surface area contributed by atoms with Crippen molar-refractivity contribution in [1.82, 2.24) is 0 Å². The Bertz CT molecular complexity index is 1480. The molecule has 0 saturated heterocycles. The number of nitrogens with zero attached hydrogens (tertiary/aromatic N) is 2. The van der Waals surface area contributed by atoms with E-state index in [1.807, 2.05) is 39.0 Å². The van der Waals surface area contributed by atoms with Crippen LogP contribution in [0.2, 0.25) is 0 Å². The van der Waals surface area contributed by atoms with Crippen molar-refractivity contribution in [3.05, 3.63) is 83.3 Å². The van der Waals surface area contributed by atoms with E-state index in [0.29, 0.717) is 25.9 Å². The Morgan fingerprint density at radius 2 is 1.52 bits per heavy atom. The van der Waals surface area contributed by atoms with E-state index >= 15 is 0 Å². The highest BCUT2D eigenvalue weighted by molar-refractivity contribution is 8.29. The van der Waals surface area contributed by atoms with Gasteiger partial charge in [0, 0.05) is 28.8 Å². The molecule has 1 amide bonds. The normalized spacial score (nSPS) is 16.1. The molecule has 0 fully saturated rings. The van der Waals surface area contributed by atoms with Crippen LogP contribution in [0, 0.1) is 17.0 Å². The summed E-state index contributed by atoms with van der Waals surface area (Å²) < 4.78 is 11.0. The lowest BCUT2D eigenvalue weighted by Gasteiger charge is -2.45. The maximum Gasteiger partial charge on any atom is 0.346 e. The fraction of sp³-hybridized carbons (Fsp3) is 0.286. The summed E-state index contributed by atoms with van der Waals surface area (Å²) in [5.74, 6) is -1.63. The molecule has 0 radical (unpaired) electrons. The van der Waals surface area contributed by atoms with Crippen molar-refractivity contribution in [2.75, 3.05) is 18.1 Å². The number of nitro groups is 1. The smallest absolute Gasteiger partial charge is 0.346 e. The quantitative estimate of drug-likeness (QED) is 0.125. The fourth-order valence-corrected chi connectivity index (χ4v) is 7.34. The summed E-state index contributed by atoms with van der Waals surface area (Å²) >= 11 is 8.22. The lowest BCUT2D eigenvalue weighted by Crippen LogP contribution is -2.56. The van der Waals surface area contributed by atoms with Gasteiger partial charge in [0.05, 0.1) is 38.5 Å². The monoisotopic (exact) mass is 598 g/mol. The molecule has 9 nitrogen and oxygen atoms in total. The Labute approximate surface area is 245 Å². The number of fused-ring (bicyclic) bond motifs is 1. The third kappa shape index (κ3) is 5.30. The van der Waals surface area contributed by atoms with Crippen molar-refractivity contribution in [1.29, 1.82) is 0 Å². The average molecular weight is 599 g/mol. The first kappa shape index (κ1) is 29.5. The minimum absolute atomic E-state index is 0.120. The van der Waals surface area contributed by atoms with Crippen molar-refractivity contribution in [3.8, 4) is 0 Å². The number of benzene rings is 2. The van der Waals surface area contributed by atoms with Gasteiger partial charge in [0.25, 0.3) is 11.6 Å². The molecule has 2 aromatic rings. The molecule has 40 heavy (non-hydrogen) atoms. The fourth-order valence-electron chi connectivity index (χ4n) is 4.36. The molecule has 0 aromatic heterocycles. The Kier molecular flexibility index (Phi) is 8.52. The molecule has 2 aromatic carbocycles. The predicted octanol–water partition coefficient (Wildman–Crippen LogP) is 6.20. The lowest BCUT2D eigenvalue weighted by molar-refractivity contribution is -0.384. The van der Waals surface area contributed by atoms with Gasteiger partial charge in [0.15, 0.2) is 0 Å². The highest BCUT2D eigenvalue weighted by Crippen LogP contribution is 2.56. The molecule has 2 aliphatic heterocycles. The zero-order valence-corrected chi connectivity index (χ0v) is 24.9. The van der Waals surface area contributed by atoms with Crippen LogP contribution >= 0.6 is 35.7 Å². The number of ether oxygens (including phenoxy) is 2. The van der Waals surface area contributed by atoms with Crippen molar-refractivity contribution < 1.29 is 28.8 Å². The number of esters is 2. The van der Waals surface area contributed by atoms with Crippen LogP contribution in [-0.2, 0) is 19.1 Å². The molecule has 0 atom stereocenters. The second kappa shape index (κ2) is 11.6. The number of rotatable bonds is 6. The number of anilines is 1. The largest absolute Gasteiger partial charge is 0.462 e. The Morgan fingerprint density at radius 1 is 0.975 bits per heavy atom. The van der Waals surface area contributed by atoms with Crippen LogP contribution in [0.1, 0.15) is 49.2 Å². The lowest BCUT2D eigenvalue weighted by atomic mass is 9.82. The number of hydrogen-bond acceptors (Lipinski definition) is 10. The molecular weight excluding hydrogens is 573 g/mol. The summed E-state index contributed by atoms with van der Waals surface area (Å²) in [6, 6.07) is 11.0. The van der Waals surface area contributed by atoms with Crippen LogP contribution in [0.4, 0.5) is 11.4 Å². The Morgan fingerprint density at radius 3 is 2.02 bits per heavy atom. The zero-order chi connectivity index (χ0) is 29.4. The summed E-state index contributed by atoms with van der Waals surface area (Å²) in [5.41, 5.74) is 1.94. The molecule has 0 saturated carbocycles. The third-order valence-corrected chi connectivity index (χ3v) is 9.52. The second-order valence-electron chi connectivity index (χ2n) is 9.32. The SMILES string of the molecule is CCOC(=O)C1=C(C(=O)OCC)SC(=C2C(=S)C(C)(C)N(C(=O)c3ccc([N+](=O)[O-])cc3)c3ccc(C)cc32)S1. The van der Waals surface area contributed by atoms with Gasteiger partial charge in [-0.2, -0.15) is 0 Å². The number of hydrogen-bond donors (Lipinski definition) is 0. The third-order valence-electron chi connectivity index (χ3n) is 6.25. The van der Waals surface area contributed by atoms with E-state index in [0.717, 1.165) is 29.1 Å². The van der Waals surface area contributed by atoms with Crippen LogP contribution in [0.25, 0.3) is 5.57 Å². The molecule has 4 rings (SSSR count). The average Bonchev–Trinajstić information content (AvgIpc) is 3.35. The number of carbonyl (C=O) groups excluding carboxylic acids is 3. The highest BCUT2D eigenvalue weighted by atomic mass is 32.2. The summed E-state index contributed by atoms with van der Waals surface area (Å²) in [6.45, 7) is 9.20. The van der Waals surface area contributed by atoms with Gasteiger partial charge in [-0.05, 0) is 58.9 Å². The van der Waals surface area contributed by atoms with E-state index in [1.54, 1.807) is 18.7 Å². The summed E-state index contributed by atoms with van der Waals surface area (Å²) in [7, 11) is 0. The van der Waals surface area contributed by atoms with Crippen LogP contribution in [0.3, 0.4) is 0 Å². The van der Waals surface area contributed by atoms with Crippen molar-refractivity contribution >= 4 is 75.4 Å². The van der Waals surface area contributed by atoms with Gasteiger partial charge in [0.2, 0.25) is 0 Å². The number of thioether (sulfide) groups is 2. The summed E-state index contributed by atoms with van der Waals surface area (Å²) in [5, 5.41) is 11.1. The number of thiocarbonyl (C=S) groups is 1. The molecule has 0 bridgehead atoms. The topological polar surface area (TPSA) is 116 Å². The summed E-state index contributed by atoms with van der Waals surface area (Å²) in [6.07, 6.45) is 0. The van der Waals surface area contributed by atoms with Crippen LogP contribution in [-0.4, -0.2) is 46.4 Å². The number of amides is 1. The standard InChI is InChI=1S/C28H26N2O7S3/c1-6-36-25(32)21-22(26(33)37-7-2)40-27(39-21)20-18-14-15(3)8-13-19(18)29(28(4,5)23(20)38)24(31)16-9-11-17(12-10-16)30(34)35/h8-14H,6-7H2,1-5H3. The number of non-ortho nitro benzene ring substituents is 1. The van der Waals surface area contributed by atoms with E-state index < -0.39 is 22.4 Å². The van der Waals surface area contributed by atoms with E-state index in [2.05, 4.69) is 0 Å². The molecule has 0 aliphatic carbocycles. The number of nitro benzene ring substituents is 1. The second-order valence-corrected chi connectivity index (χ2v) is 12.0. The van der Waals surface area contributed by atoms with Gasteiger partial charge in [-0.1, -0.05) is 47.4 Å². The van der Waals surface area contributed by atoms with Crippen LogP contribution in [0.15, 0.2) is 56.5 Å². The van der Waals surface area contributed by atoms with Crippen molar-refractivity contribution in [2.45, 2.75) is 40.2 Å². The van der Waals surface area contributed by atoms with Gasteiger partial charge in [-0.15, -0.1) is 0 Å². The minimum atomic E-state index is -1.02. The maximum atomic E-state index is 13.9. The zero-order valence-electron chi connectivity index (χ0n) is 22.4. The van der Waals surface area contributed by atoms with Gasteiger partial charge in [-0.3, -0.25) is 19.8 Å².